The summed E-state index contributed by atoms with van der Waals surface area (Å²) < 4.78 is 2.21. The summed E-state index contributed by atoms with van der Waals surface area (Å²) in [5.74, 6) is 1.56. The fourth-order valence-electron chi connectivity index (χ4n) is 4.76. The molecule has 1 aliphatic rings. The Balaban J connectivity index is 1.65. The van der Waals surface area contributed by atoms with Crippen molar-refractivity contribution in [2.45, 2.75) is 71.4 Å². The fraction of sp³-hybridized carbons (Fsp3) is 0.583. The molecule has 1 saturated carbocycles. The molecule has 8 heteroatoms. The molecule has 0 aromatic carbocycles. The van der Waals surface area contributed by atoms with Crippen LogP contribution in [0, 0.1) is 30.1 Å². The van der Waals surface area contributed by atoms with Crippen molar-refractivity contribution in [3.05, 3.63) is 23.8 Å². The van der Waals surface area contributed by atoms with Crippen molar-refractivity contribution in [1.82, 2.24) is 24.8 Å². The number of hydrogen-bond acceptors (Lipinski definition) is 5. The number of rotatable bonds is 7. The van der Waals surface area contributed by atoms with E-state index < -0.39 is 5.60 Å². The number of aromatic nitrogens is 4. The summed E-state index contributed by atoms with van der Waals surface area (Å²) in [6.45, 7) is 6.38. The fourth-order valence-corrected chi connectivity index (χ4v) is 4.76. The normalized spacial score (nSPS) is 19.3. The Morgan fingerprint density at radius 3 is 2.75 bits per heavy atom. The van der Waals surface area contributed by atoms with Gasteiger partial charge in [0.25, 0.3) is 0 Å². The van der Waals surface area contributed by atoms with Crippen LogP contribution in [-0.4, -0.2) is 42.7 Å². The Morgan fingerprint density at radius 2 is 2.06 bits per heavy atom. The van der Waals surface area contributed by atoms with Gasteiger partial charge in [-0.05, 0) is 63.9 Å². The predicted molar refractivity (Wildman–Crippen MR) is 123 cm³/mol. The maximum absolute atomic E-state index is 12.6. The molecule has 3 N–H and O–H groups in total. The van der Waals surface area contributed by atoms with Crippen molar-refractivity contribution < 1.29 is 9.90 Å². The van der Waals surface area contributed by atoms with Crippen LogP contribution in [0.2, 0.25) is 0 Å². The molecule has 170 valence electrons. The van der Waals surface area contributed by atoms with E-state index >= 15 is 0 Å². The van der Waals surface area contributed by atoms with Crippen LogP contribution in [0.1, 0.15) is 57.3 Å². The van der Waals surface area contributed by atoms with Crippen molar-refractivity contribution in [3.8, 4) is 6.07 Å². The zero-order valence-corrected chi connectivity index (χ0v) is 19.1. The summed E-state index contributed by atoms with van der Waals surface area (Å²) in [6.07, 6.45) is 8.83. The van der Waals surface area contributed by atoms with Gasteiger partial charge < -0.3 is 20.0 Å². The molecule has 0 saturated heterocycles. The van der Waals surface area contributed by atoms with Crippen LogP contribution in [-0.2, 0) is 17.8 Å². The first kappa shape index (κ1) is 22.3. The summed E-state index contributed by atoms with van der Waals surface area (Å²) in [5.41, 5.74) is 2.79. The Bertz CT molecular complexity index is 1160. The van der Waals surface area contributed by atoms with E-state index in [9.17, 15) is 9.90 Å². The molecular weight excluding hydrogens is 404 g/mol. The number of amides is 1. The van der Waals surface area contributed by atoms with E-state index in [1.807, 2.05) is 6.20 Å². The number of aliphatic hydroxyl groups is 1. The van der Waals surface area contributed by atoms with E-state index in [1.165, 1.54) is 0 Å². The molecule has 4 rings (SSSR count). The third-order valence-electron chi connectivity index (χ3n) is 6.51. The first-order valence-corrected chi connectivity index (χ1v) is 11.4. The molecule has 3 aromatic heterocycles. The molecule has 0 unspecified atom stereocenters. The first-order valence-electron chi connectivity index (χ1n) is 11.4. The number of aryl methyl sites for hydroxylation is 1. The van der Waals surface area contributed by atoms with Crippen LogP contribution in [0.3, 0.4) is 0 Å². The predicted octanol–water partition coefficient (Wildman–Crippen LogP) is 3.37. The summed E-state index contributed by atoms with van der Waals surface area (Å²) in [4.78, 5) is 25.2. The molecule has 0 atom stereocenters. The average molecular weight is 437 g/mol. The number of nitrogens with one attached hydrogen (secondary N) is 2. The van der Waals surface area contributed by atoms with Gasteiger partial charge in [0.15, 0.2) is 0 Å². The average Bonchev–Trinajstić information content (AvgIpc) is 3.28. The van der Waals surface area contributed by atoms with Gasteiger partial charge in [0.1, 0.15) is 17.0 Å². The number of imidazole rings is 1. The summed E-state index contributed by atoms with van der Waals surface area (Å²) in [7, 11) is 0. The molecule has 1 aliphatic carbocycles. The van der Waals surface area contributed by atoms with Crippen molar-refractivity contribution in [2.75, 3.05) is 6.54 Å². The zero-order chi connectivity index (χ0) is 22.9. The van der Waals surface area contributed by atoms with E-state index in [4.69, 9.17) is 10.2 Å². The first-order chi connectivity index (χ1) is 15.2. The Morgan fingerprint density at radius 1 is 1.34 bits per heavy atom. The Kier molecular flexibility index (Phi) is 6.20. The summed E-state index contributed by atoms with van der Waals surface area (Å²) in [5, 5.41) is 22.8. The largest absolute Gasteiger partial charge is 0.389 e. The number of aromatic amines is 1. The third-order valence-corrected chi connectivity index (χ3v) is 6.51. The molecule has 0 radical (unpaired) electrons. The van der Waals surface area contributed by atoms with E-state index in [0.717, 1.165) is 65.7 Å². The van der Waals surface area contributed by atoms with Crippen molar-refractivity contribution in [1.29, 1.82) is 5.26 Å². The maximum Gasteiger partial charge on any atom is 0.227 e. The zero-order valence-electron chi connectivity index (χ0n) is 19.1. The molecule has 1 amide bonds. The highest BCUT2D eigenvalue weighted by Gasteiger charge is 2.25. The maximum atomic E-state index is 12.6. The SMILES string of the molecule is Cc1c[nH]c2ncc3nc(CC(=O)NCC(C)(C)O)n(CC4CCC(CC#N)CC4)c3c12. The minimum Gasteiger partial charge on any atom is -0.389 e. The highest BCUT2D eigenvalue weighted by molar-refractivity contribution is 6.03. The van der Waals surface area contributed by atoms with Crippen molar-refractivity contribution in [3.63, 3.8) is 0 Å². The summed E-state index contributed by atoms with van der Waals surface area (Å²) in [6, 6.07) is 2.31. The lowest BCUT2D eigenvalue weighted by Gasteiger charge is -2.28. The molecule has 32 heavy (non-hydrogen) atoms. The minimum absolute atomic E-state index is 0.152. The molecular formula is C24H32N6O2. The molecule has 3 heterocycles. The molecule has 0 bridgehead atoms. The van der Waals surface area contributed by atoms with Gasteiger partial charge >= 0.3 is 0 Å². The highest BCUT2D eigenvalue weighted by Crippen LogP contribution is 2.34. The van der Waals surface area contributed by atoms with Crippen LogP contribution in [0.5, 0.6) is 0 Å². The number of fused-ring (bicyclic) bond motifs is 3. The van der Waals surface area contributed by atoms with Crippen molar-refractivity contribution >= 4 is 28.0 Å². The van der Waals surface area contributed by atoms with Gasteiger partial charge in [0.2, 0.25) is 5.91 Å². The standard InChI is InChI=1S/C24H32N6O2/c1-15-11-26-23-21(15)22-18(12-27-23)29-19(10-20(31)28-14-24(2,3)32)30(22)13-17-6-4-16(5-7-17)8-9-25/h11-12,16-17,32H,4-8,10,13-14H2,1-3H3,(H,26,27)(H,28,31). The number of nitrogens with zero attached hydrogens (tertiary/aromatic N) is 4. The second-order valence-electron chi connectivity index (χ2n) is 9.84. The number of H-pyrrole nitrogens is 1. The number of nitriles is 1. The van der Waals surface area contributed by atoms with Gasteiger partial charge in [-0.2, -0.15) is 5.26 Å². The Hall–Kier alpha value is -2.92. The Labute approximate surface area is 188 Å². The smallest absolute Gasteiger partial charge is 0.227 e. The quantitative estimate of drug-likeness (QED) is 0.524. The third kappa shape index (κ3) is 4.78. The van der Waals surface area contributed by atoms with Gasteiger partial charge in [-0.1, -0.05) is 0 Å². The monoisotopic (exact) mass is 436 g/mol. The number of hydrogen-bond donors (Lipinski definition) is 3. The molecule has 1 fully saturated rings. The van der Waals surface area contributed by atoms with E-state index in [1.54, 1.807) is 20.0 Å². The molecule has 8 nitrogen and oxygen atoms in total. The van der Waals surface area contributed by atoms with Crippen LogP contribution >= 0.6 is 0 Å². The lowest BCUT2D eigenvalue weighted by Crippen LogP contribution is -2.39. The number of carbonyl (C=O) groups is 1. The van der Waals surface area contributed by atoms with E-state index in [0.29, 0.717) is 18.3 Å². The van der Waals surface area contributed by atoms with E-state index in [-0.39, 0.29) is 18.9 Å². The summed E-state index contributed by atoms with van der Waals surface area (Å²) >= 11 is 0. The molecule has 3 aromatic rings. The molecule has 0 spiro atoms. The molecule has 0 aliphatic heterocycles. The van der Waals surface area contributed by atoms with Gasteiger partial charge in [-0.3, -0.25) is 4.79 Å². The topological polar surface area (TPSA) is 120 Å². The minimum atomic E-state index is -0.962. The highest BCUT2D eigenvalue weighted by atomic mass is 16.3. The second kappa shape index (κ2) is 8.91. The number of pyridine rings is 1. The van der Waals surface area contributed by atoms with Crippen LogP contribution < -0.4 is 5.32 Å². The number of carbonyl (C=O) groups excluding carboxylic acids is 1. The van der Waals surface area contributed by atoms with Gasteiger partial charge in [0, 0.05) is 31.1 Å². The van der Waals surface area contributed by atoms with Crippen molar-refractivity contribution in [2.24, 2.45) is 11.8 Å². The van der Waals surface area contributed by atoms with E-state index in [2.05, 4.69) is 32.8 Å². The lowest BCUT2D eigenvalue weighted by atomic mass is 9.80. The second-order valence-corrected chi connectivity index (χ2v) is 9.84. The van der Waals surface area contributed by atoms with Gasteiger partial charge in [-0.15, -0.1) is 0 Å². The van der Waals surface area contributed by atoms with Crippen LogP contribution in [0.25, 0.3) is 22.1 Å². The van der Waals surface area contributed by atoms with Gasteiger partial charge in [0.05, 0.1) is 29.8 Å². The van der Waals surface area contributed by atoms with Crippen LogP contribution in [0.4, 0.5) is 0 Å². The van der Waals surface area contributed by atoms with Crippen LogP contribution in [0.15, 0.2) is 12.4 Å². The lowest BCUT2D eigenvalue weighted by molar-refractivity contribution is -0.121. The van der Waals surface area contributed by atoms with Gasteiger partial charge in [-0.25, -0.2) is 9.97 Å².